The van der Waals surface area contributed by atoms with Crippen LogP contribution in [0, 0.1) is 0 Å². The minimum Gasteiger partial charge on any atom is -0.328 e. The van der Waals surface area contributed by atoms with Gasteiger partial charge < -0.3 is 15.3 Å². The van der Waals surface area contributed by atoms with E-state index in [1.54, 1.807) is 13.8 Å². The maximum Gasteiger partial charge on any atom is 0.129 e. The number of carbonyl (C=O) groups is 2. The predicted molar refractivity (Wildman–Crippen MR) is 156 cm³/mol. The largest absolute Gasteiger partial charge is 0.328 e. The van der Waals surface area contributed by atoms with Gasteiger partial charge in [-0.15, -0.1) is 0 Å². The van der Waals surface area contributed by atoms with Gasteiger partial charge in [0.15, 0.2) is 0 Å². The molecular formula is C26H38I2N2O2. The maximum absolute atomic E-state index is 11.1. The number of aliphatic imine (C=N–C) groups is 1. The maximum atomic E-state index is 11.1. The van der Waals surface area contributed by atoms with Crippen LogP contribution >= 0.6 is 37.2 Å². The van der Waals surface area contributed by atoms with E-state index in [4.69, 9.17) is 10.7 Å². The van der Waals surface area contributed by atoms with Gasteiger partial charge in [0.1, 0.15) is 11.6 Å². The summed E-state index contributed by atoms with van der Waals surface area (Å²) in [4.78, 5) is 26.3. The Morgan fingerprint density at radius 1 is 0.812 bits per heavy atom. The van der Waals surface area contributed by atoms with E-state index >= 15 is 0 Å². The Morgan fingerprint density at radius 3 is 1.50 bits per heavy atom. The van der Waals surface area contributed by atoms with Crippen molar-refractivity contribution in [3.05, 3.63) is 71.8 Å². The highest BCUT2D eigenvalue weighted by molar-refractivity contribution is 15.0. The van der Waals surface area contributed by atoms with Gasteiger partial charge in [-0.3, -0.25) is 4.99 Å². The molecule has 2 unspecified atom stereocenters. The molecule has 0 aliphatic rings. The topological polar surface area (TPSA) is 72.5 Å². The van der Waals surface area contributed by atoms with Crippen molar-refractivity contribution < 1.29 is 9.59 Å². The third-order valence-electron chi connectivity index (χ3n) is 4.31. The first-order valence-electron chi connectivity index (χ1n) is 10.4. The fraction of sp³-hybridized carbons (Fsp3) is 0.423. The molecule has 6 heteroatoms. The van der Waals surface area contributed by atoms with Crippen LogP contribution in [0.4, 0.5) is 0 Å². The summed E-state index contributed by atoms with van der Waals surface area (Å²) in [6, 6.07) is 20.7. The highest BCUT2D eigenvalue weighted by atomic mass is 128. The van der Waals surface area contributed by atoms with E-state index in [0.717, 1.165) is 29.7 Å². The van der Waals surface area contributed by atoms with Crippen LogP contribution in [-0.4, -0.2) is 29.4 Å². The van der Waals surface area contributed by atoms with Gasteiger partial charge in [-0.25, -0.2) is 0 Å². The number of rotatable bonds is 9. The van der Waals surface area contributed by atoms with Crippen molar-refractivity contribution in [3.8, 4) is 0 Å². The SMILES string of the molecule is C.CC(=O)CCC(C)N.CC(=O)CCC(C)N=C(c1ccccc1)c1ccccc1.II. The summed E-state index contributed by atoms with van der Waals surface area (Å²) in [7, 11) is 0. The van der Waals surface area contributed by atoms with Crippen LogP contribution in [0.3, 0.4) is 0 Å². The van der Waals surface area contributed by atoms with Crippen molar-refractivity contribution in [1.82, 2.24) is 0 Å². The van der Waals surface area contributed by atoms with Gasteiger partial charge in [0, 0.05) is 73.3 Å². The average molecular weight is 664 g/mol. The quantitative estimate of drug-likeness (QED) is 0.225. The summed E-state index contributed by atoms with van der Waals surface area (Å²) >= 11 is 4.24. The normalized spacial score (nSPS) is 11.2. The molecule has 4 nitrogen and oxygen atoms in total. The van der Waals surface area contributed by atoms with Crippen molar-refractivity contribution in [2.45, 2.75) is 72.9 Å². The molecule has 2 aromatic carbocycles. The van der Waals surface area contributed by atoms with Gasteiger partial charge in [-0.2, -0.15) is 0 Å². The minimum atomic E-state index is 0. The fourth-order valence-corrected chi connectivity index (χ4v) is 2.64. The van der Waals surface area contributed by atoms with Crippen molar-refractivity contribution in [1.29, 1.82) is 0 Å². The molecule has 0 fully saturated rings. The third kappa shape index (κ3) is 16.5. The average Bonchev–Trinajstić information content (AvgIpc) is 2.77. The second-order valence-corrected chi connectivity index (χ2v) is 7.52. The Kier molecular flexibility index (Phi) is 21.1. The van der Waals surface area contributed by atoms with Crippen LogP contribution in [0.25, 0.3) is 0 Å². The molecule has 0 saturated carbocycles. The van der Waals surface area contributed by atoms with Crippen LogP contribution in [0.1, 0.15) is 71.9 Å². The first-order chi connectivity index (χ1) is 14.8. The summed E-state index contributed by atoms with van der Waals surface area (Å²) < 4.78 is 0. The van der Waals surface area contributed by atoms with E-state index < -0.39 is 0 Å². The number of halogens is 2. The zero-order valence-electron chi connectivity index (χ0n) is 18.9. The standard InChI is InChI=1S/C19H21NO.C6H13NO.CH4.I2/c1-15(13-14-16(2)21)20-19(17-9-5-3-6-10-17)18-11-7-4-8-12-18;1-5(7)3-4-6(2)8;;1-2/h3-12,15H,13-14H2,1-2H3;5H,3-4,7H2,1-2H3;1H4;. The highest BCUT2D eigenvalue weighted by Gasteiger charge is 2.09. The molecule has 2 atom stereocenters. The summed E-state index contributed by atoms with van der Waals surface area (Å²) in [5, 5.41) is 0. The van der Waals surface area contributed by atoms with Gasteiger partial charge in [-0.1, -0.05) is 68.1 Å². The molecule has 0 aliphatic heterocycles. The van der Waals surface area contributed by atoms with Crippen LogP contribution in [-0.2, 0) is 9.59 Å². The van der Waals surface area contributed by atoms with E-state index in [9.17, 15) is 9.59 Å². The number of benzene rings is 2. The smallest absolute Gasteiger partial charge is 0.129 e. The lowest BCUT2D eigenvalue weighted by Crippen LogP contribution is -2.15. The Labute approximate surface area is 218 Å². The number of Topliss-reactive ketones (excluding diaryl/α,β-unsaturated/α-hetero) is 2. The molecule has 0 bridgehead atoms. The lowest BCUT2D eigenvalue weighted by molar-refractivity contribution is -0.118. The third-order valence-corrected chi connectivity index (χ3v) is 4.31. The van der Waals surface area contributed by atoms with Gasteiger partial charge in [0.05, 0.1) is 5.71 Å². The summed E-state index contributed by atoms with van der Waals surface area (Å²) in [6.07, 6.45) is 2.81. The molecule has 0 radical (unpaired) electrons. The highest BCUT2D eigenvalue weighted by Crippen LogP contribution is 2.14. The Morgan fingerprint density at radius 2 is 1.19 bits per heavy atom. The van der Waals surface area contributed by atoms with Crippen molar-refractivity contribution in [2.24, 2.45) is 10.7 Å². The van der Waals surface area contributed by atoms with Crippen LogP contribution < -0.4 is 5.73 Å². The monoisotopic (exact) mass is 664 g/mol. The molecule has 0 heterocycles. The zero-order valence-corrected chi connectivity index (χ0v) is 23.2. The van der Waals surface area contributed by atoms with Crippen molar-refractivity contribution >= 4 is 54.5 Å². The fourth-order valence-electron chi connectivity index (χ4n) is 2.64. The van der Waals surface area contributed by atoms with Crippen LogP contribution in [0.2, 0.25) is 0 Å². The number of hydrogen-bond donors (Lipinski definition) is 1. The predicted octanol–water partition coefficient (Wildman–Crippen LogP) is 7.39. The molecule has 2 rings (SSSR count). The number of carbonyl (C=O) groups excluding carboxylic acids is 2. The molecule has 2 N–H and O–H groups in total. The van der Waals surface area contributed by atoms with Crippen molar-refractivity contribution in [3.63, 3.8) is 0 Å². The Hall–Kier alpha value is -1.13. The van der Waals surface area contributed by atoms with Crippen LogP contribution in [0.15, 0.2) is 65.7 Å². The lowest BCUT2D eigenvalue weighted by atomic mass is 10.0. The van der Waals surface area contributed by atoms with E-state index in [1.807, 2.05) is 43.3 Å². The van der Waals surface area contributed by atoms with Crippen molar-refractivity contribution in [2.75, 3.05) is 0 Å². The second-order valence-electron chi connectivity index (χ2n) is 7.52. The van der Waals surface area contributed by atoms with Gasteiger partial charge >= 0.3 is 0 Å². The summed E-state index contributed by atoms with van der Waals surface area (Å²) in [5.41, 5.74) is 8.60. The molecule has 0 saturated heterocycles. The van der Waals surface area contributed by atoms with E-state index in [0.29, 0.717) is 12.8 Å². The van der Waals surface area contributed by atoms with E-state index in [1.165, 1.54) is 0 Å². The number of hydrogen-bond acceptors (Lipinski definition) is 4. The second kappa shape index (κ2) is 20.5. The van der Waals surface area contributed by atoms with Gasteiger partial charge in [-0.05, 0) is 40.5 Å². The van der Waals surface area contributed by atoms with Crippen LogP contribution in [0.5, 0.6) is 0 Å². The molecule has 0 amide bonds. The Bertz CT molecular complexity index is 737. The molecule has 0 spiro atoms. The zero-order chi connectivity index (χ0) is 23.6. The molecule has 32 heavy (non-hydrogen) atoms. The molecule has 2 aromatic rings. The molecule has 0 aromatic heterocycles. The molecular weight excluding hydrogens is 626 g/mol. The summed E-state index contributed by atoms with van der Waals surface area (Å²) in [5.74, 6) is 0.445. The number of nitrogens with two attached hydrogens (primary N) is 1. The van der Waals surface area contributed by atoms with Gasteiger partial charge in [0.25, 0.3) is 0 Å². The molecule has 178 valence electrons. The lowest BCUT2D eigenvalue weighted by Gasteiger charge is -2.11. The van der Waals surface area contributed by atoms with E-state index in [2.05, 4.69) is 68.4 Å². The van der Waals surface area contributed by atoms with Gasteiger partial charge in [0.2, 0.25) is 0 Å². The molecule has 0 aliphatic carbocycles. The number of nitrogens with zero attached hydrogens (tertiary/aromatic N) is 1. The first kappa shape index (κ1) is 33.0. The number of ketones is 2. The Balaban J connectivity index is 0. The summed E-state index contributed by atoms with van der Waals surface area (Å²) in [6.45, 7) is 7.19. The van der Waals surface area contributed by atoms with E-state index in [-0.39, 0.29) is 31.1 Å². The minimum absolute atomic E-state index is 0. The first-order valence-corrected chi connectivity index (χ1v) is 16.7.